The van der Waals surface area contributed by atoms with Crippen molar-refractivity contribution in [3.63, 3.8) is 0 Å². The number of hydrogen-bond acceptors (Lipinski definition) is 4. The number of ether oxygens (including phenoxy) is 1. The number of hydrogen-bond donors (Lipinski definition) is 1. The molecule has 0 spiro atoms. The fourth-order valence-corrected chi connectivity index (χ4v) is 1.20. The van der Waals surface area contributed by atoms with Crippen molar-refractivity contribution in [3.8, 4) is 0 Å². The van der Waals surface area contributed by atoms with Crippen molar-refractivity contribution in [1.29, 1.82) is 0 Å². The molecule has 0 unspecified atom stereocenters. The summed E-state index contributed by atoms with van der Waals surface area (Å²) in [5.74, 6) is -3.62. The number of rotatable bonds is 5. The van der Waals surface area contributed by atoms with Gasteiger partial charge < -0.3 is 20.4 Å². The normalized spacial score (nSPS) is 15.0. The first-order chi connectivity index (χ1) is 7.19. The molecule has 0 aromatic rings. The van der Waals surface area contributed by atoms with Crippen LogP contribution < -0.4 is 10.8 Å². The van der Waals surface area contributed by atoms with Gasteiger partial charge in [-0.25, -0.2) is 0 Å². The summed E-state index contributed by atoms with van der Waals surface area (Å²) in [5, 5.41) is 10.9. The van der Waals surface area contributed by atoms with Crippen molar-refractivity contribution in [1.82, 2.24) is 0 Å². The van der Waals surface area contributed by atoms with E-state index in [0.717, 1.165) is 0 Å². The van der Waals surface area contributed by atoms with Gasteiger partial charge in [-0.1, -0.05) is 6.08 Å². The highest BCUT2D eigenvalue weighted by molar-refractivity contribution is 5.93. The van der Waals surface area contributed by atoms with Crippen LogP contribution in [0.5, 0.6) is 0 Å². The van der Waals surface area contributed by atoms with Gasteiger partial charge >= 0.3 is 5.97 Å². The van der Waals surface area contributed by atoms with Crippen LogP contribution in [0, 0.1) is 5.92 Å². The molecule has 0 bridgehead atoms. The number of esters is 1. The molecule has 0 amide bonds. The molecule has 5 nitrogen and oxygen atoms in total. The number of carbonyl (C=O) groups is 2. The van der Waals surface area contributed by atoms with Gasteiger partial charge in [0.2, 0.25) is 0 Å². The molecule has 3 N–H and O–H groups in total. The van der Waals surface area contributed by atoms with Gasteiger partial charge in [0.05, 0.1) is 5.97 Å². The summed E-state index contributed by atoms with van der Waals surface area (Å²) in [6, 6.07) is -0.627. The second-order valence-corrected chi connectivity index (χ2v) is 4.61. The Balaban J connectivity index is 4.72. The largest absolute Gasteiger partial charge is 0.549 e. The molecule has 0 aromatic heterocycles. The summed E-state index contributed by atoms with van der Waals surface area (Å²) < 4.78 is 4.99. The lowest BCUT2D eigenvalue weighted by atomic mass is 9.97. The van der Waals surface area contributed by atoms with Crippen LogP contribution >= 0.6 is 0 Å². The van der Waals surface area contributed by atoms with Crippen molar-refractivity contribution < 1.29 is 25.2 Å². The van der Waals surface area contributed by atoms with Gasteiger partial charge in [0.15, 0.2) is 0 Å². The van der Waals surface area contributed by atoms with E-state index in [-0.39, 0.29) is 0 Å². The Bertz CT molecular complexity index is 280. The molecular formula is C11H19NO4. The molecule has 0 heterocycles. The molecule has 92 valence electrons. The number of carboxylic acids is 1. The molecule has 5 heteroatoms. The van der Waals surface area contributed by atoms with E-state index in [2.05, 4.69) is 12.3 Å². The van der Waals surface area contributed by atoms with E-state index >= 15 is 0 Å². The van der Waals surface area contributed by atoms with Crippen molar-refractivity contribution in [2.45, 2.75) is 38.8 Å². The standard InChI is InChI=1S/C11H19NO4/c1-5-6-7(12)8(9(13)14)10(15)16-11(2,3)4/h5,7-8H,1,6,12H2,2-4H3,(H,13,14)/t7-,8+/m1/s1. The molecule has 0 aliphatic carbocycles. The predicted octanol–water partition coefficient (Wildman–Crippen LogP) is -1.12. The van der Waals surface area contributed by atoms with Crippen LogP contribution in [0.3, 0.4) is 0 Å². The summed E-state index contributed by atoms with van der Waals surface area (Å²) in [7, 11) is 0. The van der Waals surface area contributed by atoms with Gasteiger partial charge in [-0.3, -0.25) is 4.79 Å². The number of carbonyl (C=O) groups excluding carboxylic acids is 2. The third-order valence-corrected chi connectivity index (χ3v) is 1.86. The Morgan fingerprint density at radius 1 is 1.50 bits per heavy atom. The molecule has 2 atom stereocenters. The maximum Gasteiger partial charge on any atom is 0.321 e. The SMILES string of the molecule is C=CC[C@@H]([NH3+])[C@@H](C(=O)[O-])C(=O)OC(C)(C)C. The molecule has 16 heavy (non-hydrogen) atoms. The zero-order valence-corrected chi connectivity index (χ0v) is 9.99. The first kappa shape index (κ1) is 14.6. The summed E-state index contributed by atoms with van der Waals surface area (Å²) in [5.41, 5.74) is 2.88. The maximum atomic E-state index is 11.6. The predicted molar refractivity (Wildman–Crippen MR) is 55.8 cm³/mol. The first-order valence-electron chi connectivity index (χ1n) is 5.06. The van der Waals surface area contributed by atoms with Crippen molar-refractivity contribution in [3.05, 3.63) is 12.7 Å². The minimum Gasteiger partial charge on any atom is -0.549 e. The zero-order valence-electron chi connectivity index (χ0n) is 9.99. The van der Waals surface area contributed by atoms with Gasteiger partial charge in [0.25, 0.3) is 0 Å². The molecule has 0 aliphatic heterocycles. The van der Waals surface area contributed by atoms with E-state index in [1.807, 2.05) is 0 Å². The lowest BCUT2D eigenvalue weighted by molar-refractivity contribution is -0.432. The third kappa shape index (κ3) is 4.93. The minimum absolute atomic E-state index is 0.317. The van der Waals surface area contributed by atoms with Crippen molar-refractivity contribution in [2.75, 3.05) is 0 Å². The van der Waals surface area contributed by atoms with Gasteiger partial charge in [0, 0.05) is 6.42 Å². The van der Waals surface area contributed by atoms with E-state index < -0.39 is 29.5 Å². The van der Waals surface area contributed by atoms with Crippen LogP contribution in [0.4, 0.5) is 0 Å². The number of carboxylic acid groups (broad SMARTS) is 1. The molecule has 0 saturated carbocycles. The molecule has 0 rings (SSSR count). The highest BCUT2D eigenvalue weighted by Crippen LogP contribution is 2.13. The van der Waals surface area contributed by atoms with Gasteiger partial charge in [-0.15, -0.1) is 6.58 Å². The second-order valence-electron chi connectivity index (χ2n) is 4.61. The molecule has 0 fully saturated rings. The molecule has 0 aromatic carbocycles. The summed E-state index contributed by atoms with van der Waals surface area (Å²) in [6.07, 6.45) is 1.83. The number of aliphatic carboxylic acids is 1. The van der Waals surface area contributed by atoms with E-state index in [1.54, 1.807) is 20.8 Å². The maximum absolute atomic E-state index is 11.6. The zero-order chi connectivity index (χ0) is 12.9. The number of quaternary nitrogens is 1. The third-order valence-electron chi connectivity index (χ3n) is 1.86. The van der Waals surface area contributed by atoms with E-state index in [4.69, 9.17) is 4.74 Å². The molecule has 0 aliphatic rings. The Kier molecular flexibility index (Phi) is 5.17. The van der Waals surface area contributed by atoms with Crippen LogP contribution in [-0.2, 0) is 14.3 Å². The monoisotopic (exact) mass is 229 g/mol. The topological polar surface area (TPSA) is 94.1 Å². The highest BCUT2D eigenvalue weighted by Gasteiger charge is 2.33. The van der Waals surface area contributed by atoms with Gasteiger partial charge in [-0.2, -0.15) is 0 Å². The van der Waals surface area contributed by atoms with Gasteiger partial charge in [0.1, 0.15) is 17.6 Å². The molecular weight excluding hydrogens is 210 g/mol. The van der Waals surface area contributed by atoms with E-state index in [9.17, 15) is 14.7 Å². The van der Waals surface area contributed by atoms with Crippen LogP contribution in [0.25, 0.3) is 0 Å². The van der Waals surface area contributed by atoms with Gasteiger partial charge in [-0.05, 0) is 20.8 Å². The molecule has 0 radical (unpaired) electrons. The lowest BCUT2D eigenvalue weighted by Crippen LogP contribution is -2.68. The second kappa shape index (κ2) is 5.65. The van der Waals surface area contributed by atoms with Crippen molar-refractivity contribution >= 4 is 11.9 Å². The smallest absolute Gasteiger partial charge is 0.321 e. The average molecular weight is 229 g/mol. The van der Waals surface area contributed by atoms with Crippen molar-refractivity contribution in [2.24, 2.45) is 5.92 Å². The average Bonchev–Trinajstić information content (AvgIpc) is 1.99. The molecule has 0 saturated heterocycles. The van der Waals surface area contributed by atoms with Crippen LogP contribution in [0.2, 0.25) is 0 Å². The van der Waals surface area contributed by atoms with Crippen LogP contribution in [0.1, 0.15) is 27.2 Å². The Morgan fingerprint density at radius 2 is 2.00 bits per heavy atom. The fraction of sp³-hybridized carbons (Fsp3) is 0.636. The summed E-state index contributed by atoms with van der Waals surface area (Å²) in [4.78, 5) is 22.5. The first-order valence-corrected chi connectivity index (χ1v) is 5.06. The summed E-state index contributed by atoms with van der Waals surface area (Å²) >= 11 is 0. The van der Waals surface area contributed by atoms with Crippen LogP contribution in [0.15, 0.2) is 12.7 Å². The minimum atomic E-state index is -1.46. The Hall–Kier alpha value is -1.36. The highest BCUT2D eigenvalue weighted by atomic mass is 16.6. The van der Waals surface area contributed by atoms with E-state index in [1.165, 1.54) is 6.08 Å². The Morgan fingerprint density at radius 3 is 2.31 bits per heavy atom. The van der Waals surface area contributed by atoms with Crippen LogP contribution in [-0.4, -0.2) is 23.6 Å². The Labute approximate surface area is 95.3 Å². The quantitative estimate of drug-likeness (QED) is 0.367. The van der Waals surface area contributed by atoms with E-state index in [0.29, 0.717) is 6.42 Å². The fourth-order valence-electron chi connectivity index (χ4n) is 1.20. The summed E-state index contributed by atoms with van der Waals surface area (Å²) in [6.45, 7) is 8.48. The lowest BCUT2D eigenvalue weighted by Gasteiger charge is -2.25.